The van der Waals surface area contributed by atoms with Crippen LogP contribution in [0.15, 0.2) is 53.4 Å². The molecule has 0 aromatic heterocycles. The Labute approximate surface area is 186 Å². The van der Waals surface area contributed by atoms with E-state index in [2.05, 4.69) is 5.32 Å². The van der Waals surface area contributed by atoms with Crippen LogP contribution in [0.25, 0.3) is 0 Å². The van der Waals surface area contributed by atoms with E-state index in [9.17, 15) is 22.4 Å². The van der Waals surface area contributed by atoms with Crippen LogP contribution in [-0.2, 0) is 30.8 Å². The maximum absolute atomic E-state index is 12.9. The number of sulfonamides is 1. The number of carbonyl (C=O) groups excluding carboxylic acids is 2. The minimum Gasteiger partial charge on any atom is -0.452 e. The Hall–Kier alpha value is -2.82. The number of carbonyl (C=O) groups is 2. The van der Waals surface area contributed by atoms with Crippen LogP contribution in [-0.4, -0.2) is 56.5 Å². The van der Waals surface area contributed by atoms with Crippen molar-refractivity contribution in [3.8, 4) is 0 Å². The smallest absolute Gasteiger partial charge is 0.338 e. The molecule has 0 saturated carbocycles. The highest BCUT2D eigenvalue weighted by Crippen LogP contribution is 2.21. The first-order chi connectivity index (χ1) is 15.1. The number of hydrogen-bond donors (Lipinski definition) is 1. The lowest BCUT2D eigenvalue weighted by atomic mass is 10.2. The Balaban J connectivity index is 1.53. The van der Waals surface area contributed by atoms with Crippen LogP contribution in [0.2, 0.25) is 0 Å². The highest BCUT2D eigenvalue weighted by molar-refractivity contribution is 7.89. The Bertz CT molecular complexity index is 1050. The molecule has 1 fully saturated rings. The molecule has 0 spiro atoms. The number of esters is 1. The van der Waals surface area contributed by atoms with Gasteiger partial charge in [0, 0.05) is 19.6 Å². The average Bonchev–Trinajstić information content (AvgIpc) is 2.76. The van der Waals surface area contributed by atoms with Gasteiger partial charge in [0.2, 0.25) is 10.0 Å². The van der Waals surface area contributed by atoms with Crippen molar-refractivity contribution in [2.75, 3.05) is 19.7 Å². The molecule has 0 bridgehead atoms. The average molecular weight is 465 g/mol. The second-order valence-electron chi connectivity index (χ2n) is 7.58. The van der Waals surface area contributed by atoms with Gasteiger partial charge < -0.3 is 14.8 Å². The largest absolute Gasteiger partial charge is 0.452 e. The van der Waals surface area contributed by atoms with Gasteiger partial charge in [-0.05, 0) is 55.8 Å². The molecule has 2 atom stereocenters. The van der Waals surface area contributed by atoms with E-state index in [0.29, 0.717) is 5.56 Å². The van der Waals surface area contributed by atoms with Crippen molar-refractivity contribution in [1.82, 2.24) is 9.62 Å². The quantitative estimate of drug-likeness (QED) is 0.630. The fraction of sp³-hybridized carbons (Fsp3) is 0.364. The van der Waals surface area contributed by atoms with Gasteiger partial charge in [-0.1, -0.05) is 12.1 Å². The number of halogens is 1. The summed E-state index contributed by atoms with van der Waals surface area (Å²) in [6, 6.07) is 11.0. The monoisotopic (exact) mass is 464 g/mol. The van der Waals surface area contributed by atoms with Crippen molar-refractivity contribution in [3.05, 3.63) is 65.5 Å². The van der Waals surface area contributed by atoms with Crippen molar-refractivity contribution >= 4 is 21.9 Å². The second kappa shape index (κ2) is 10.2. The van der Waals surface area contributed by atoms with Crippen LogP contribution >= 0.6 is 0 Å². The summed E-state index contributed by atoms with van der Waals surface area (Å²) in [6.07, 6.45) is -0.422. The van der Waals surface area contributed by atoms with Gasteiger partial charge in [0.1, 0.15) is 5.82 Å². The van der Waals surface area contributed by atoms with E-state index in [4.69, 9.17) is 9.47 Å². The van der Waals surface area contributed by atoms with Gasteiger partial charge in [-0.25, -0.2) is 17.6 Å². The summed E-state index contributed by atoms with van der Waals surface area (Å²) < 4.78 is 50.5. The van der Waals surface area contributed by atoms with Gasteiger partial charge in [-0.3, -0.25) is 4.79 Å². The summed E-state index contributed by atoms with van der Waals surface area (Å²) in [6.45, 7) is 3.80. The summed E-state index contributed by atoms with van der Waals surface area (Å²) >= 11 is 0. The molecule has 3 rings (SSSR count). The fourth-order valence-electron chi connectivity index (χ4n) is 3.31. The second-order valence-corrected chi connectivity index (χ2v) is 9.52. The number of morpholine rings is 1. The van der Waals surface area contributed by atoms with Gasteiger partial charge in [0.05, 0.1) is 22.7 Å². The first-order valence-corrected chi connectivity index (χ1v) is 11.5. The maximum atomic E-state index is 12.9. The minimum absolute atomic E-state index is 0.0624. The van der Waals surface area contributed by atoms with E-state index in [1.807, 2.05) is 13.8 Å². The highest BCUT2D eigenvalue weighted by atomic mass is 32.2. The molecule has 172 valence electrons. The molecule has 8 nitrogen and oxygen atoms in total. The lowest BCUT2D eigenvalue weighted by Gasteiger charge is -2.34. The van der Waals surface area contributed by atoms with E-state index in [0.717, 1.165) is 0 Å². The van der Waals surface area contributed by atoms with Gasteiger partial charge in [0.15, 0.2) is 6.61 Å². The third-order valence-electron chi connectivity index (χ3n) is 4.85. The van der Waals surface area contributed by atoms with Crippen LogP contribution in [0, 0.1) is 5.82 Å². The SMILES string of the molecule is CC1CN(S(=O)(=O)c2ccc(C(=O)OCC(=O)NCc3ccc(F)cc3)cc2)CC(C)O1. The molecule has 10 heteroatoms. The number of nitrogens with zero attached hydrogens (tertiary/aromatic N) is 1. The van der Waals surface area contributed by atoms with Gasteiger partial charge >= 0.3 is 5.97 Å². The van der Waals surface area contributed by atoms with E-state index in [-0.39, 0.29) is 48.1 Å². The Morgan fingerprint density at radius 1 is 1.06 bits per heavy atom. The summed E-state index contributed by atoms with van der Waals surface area (Å²) in [5.74, 6) is -1.64. The molecule has 0 radical (unpaired) electrons. The van der Waals surface area contributed by atoms with E-state index in [1.165, 1.54) is 52.8 Å². The number of ether oxygens (including phenoxy) is 2. The summed E-state index contributed by atoms with van der Waals surface area (Å²) in [5, 5.41) is 2.56. The van der Waals surface area contributed by atoms with Crippen LogP contribution < -0.4 is 5.32 Å². The molecule has 1 aliphatic rings. The summed E-state index contributed by atoms with van der Waals surface area (Å²) in [4.78, 5) is 24.1. The Morgan fingerprint density at radius 2 is 1.66 bits per heavy atom. The lowest BCUT2D eigenvalue weighted by molar-refractivity contribution is -0.124. The standard InChI is InChI=1S/C22H25FN2O6S/c1-15-12-25(13-16(2)31-15)32(28,29)20-9-5-18(6-10-20)22(27)30-14-21(26)24-11-17-3-7-19(23)8-4-17/h3-10,15-16H,11-14H2,1-2H3,(H,24,26). The summed E-state index contributed by atoms with van der Waals surface area (Å²) in [5.41, 5.74) is 0.825. The van der Waals surface area contributed by atoms with E-state index >= 15 is 0 Å². The molecule has 0 aliphatic carbocycles. The van der Waals surface area contributed by atoms with Crippen molar-refractivity contribution in [1.29, 1.82) is 0 Å². The van der Waals surface area contributed by atoms with Crippen LogP contribution in [0.3, 0.4) is 0 Å². The zero-order valence-electron chi connectivity index (χ0n) is 17.8. The van der Waals surface area contributed by atoms with Gasteiger partial charge in [-0.2, -0.15) is 4.31 Å². The van der Waals surface area contributed by atoms with Crippen molar-refractivity contribution < 1.29 is 31.9 Å². The predicted octanol–water partition coefficient (Wildman–Crippen LogP) is 2.10. The van der Waals surface area contributed by atoms with Gasteiger partial charge in [-0.15, -0.1) is 0 Å². The minimum atomic E-state index is -3.72. The molecule has 2 unspecified atom stereocenters. The molecule has 1 heterocycles. The summed E-state index contributed by atoms with van der Waals surface area (Å²) in [7, 11) is -3.72. The Kier molecular flexibility index (Phi) is 7.60. The van der Waals surface area contributed by atoms with Gasteiger partial charge in [0.25, 0.3) is 5.91 Å². The number of nitrogens with one attached hydrogen (secondary N) is 1. The number of hydrogen-bond acceptors (Lipinski definition) is 6. The van der Waals surface area contributed by atoms with Crippen molar-refractivity contribution in [2.45, 2.75) is 37.5 Å². The first-order valence-electron chi connectivity index (χ1n) is 10.1. The van der Waals surface area contributed by atoms with Crippen LogP contribution in [0.1, 0.15) is 29.8 Å². The lowest BCUT2D eigenvalue weighted by Crippen LogP contribution is -2.48. The molecule has 1 aliphatic heterocycles. The predicted molar refractivity (Wildman–Crippen MR) is 114 cm³/mol. The third-order valence-corrected chi connectivity index (χ3v) is 6.70. The zero-order valence-corrected chi connectivity index (χ0v) is 18.6. The van der Waals surface area contributed by atoms with E-state index in [1.54, 1.807) is 0 Å². The molecular weight excluding hydrogens is 439 g/mol. The van der Waals surface area contributed by atoms with E-state index < -0.39 is 28.5 Å². The number of amides is 1. The molecule has 2 aromatic rings. The highest BCUT2D eigenvalue weighted by Gasteiger charge is 2.32. The topological polar surface area (TPSA) is 102 Å². The fourth-order valence-corrected chi connectivity index (χ4v) is 4.90. The maximum Gasteiger partial charge on any atom is 0.338 e. The number of rotatable bonds is 7. The normalized spacial score (nSPS) is 19.3. The molecule has 32 heavy (non-hydrogen) atoms. The molecular formula is C22H25FN2O6S. The Morgan fingerprint density at radius 3 is 2.25 bits per heavy atom. The van der Waals surface area contributed by atoms with Crippen LogP contribution in [0.5, 0.6) is 0 Å². The van der Waals surface area contributed by atoms with Crippen molar-refractivity contribution in [2.24, 2.45) is 0 Å². The molecule has 2 aromatic carbocycles. The van der Waals surface area contributed by atoms with Crippen LogP contribution in [0.4, 0.5) is 4.39 Å². The third kappa shape index (κ3) is 6.12. The zero-order chi connectivity index (χ0) is 23.3. The molecule has 1 amide bonds. The first kappa shape index (κ1) is 23.8. The molecule has 1 saturated heterocycles. The van der Waals surface area contributed by atoms with Crippen molar-refractivity contribution in [3.63, 3.8) is 0 Å². The number of benzene rings is 2. The molecule has 1 N–H and O–H groups in total.